The minimum absolute atomic E-state index is 0.0639. The summed E-state index contributed by atoms with van der Waals surface area (Å²) in [6.07, 6.45) is 14.6. The van der Waals surface area contributed by atoms with Crippen molar-refractivity contribution in [1.29, 1.82) is 5.41 Å². The second-order valence-corrected chi connectivity index (χ2v) is 9.51. The number of nitrogens with one attached hydrogen (secondary N) is 3. The van der Waals surface area contributed by atoms with Gasteiger partial charge in [0.25, 0.3) is 0 Å². The molecule has 0 radical (unpaired) electrons. The molecule has 226 valence electrons. The lowest BCUT2D eigenvalue weighted by Gasteiger charge is -2.30. The predicted octanol–water partition coefficient (Wildman–Crippen LogP) is 6.26. The molecule has 0 saturated carbocycles. The average molecular weight is 584 g/mol. The highest BCUT2D eigenvalue weighted by Gasteiger charge is 2.31. The molecule has 0 bridgehead atoms. The third kappa shape index (κ3) is 10.1. The molecule has 0 spiro atoms. The summed E-state index contributed by atoms with van der Waals surface area (Å²) in [4.78, 5) is 20.3. The topological polar surface area (TPSA) is 110 Å². The van der Waals surface area contributed by atoms with Gasteiger partial charge >= 0.3 is 6.03 Å². The van der Waals surface area contributed by atoms with Gasteiger partial charge < -0.3 is 26.2 Å². The number of allylic oxidation sites excluding steroid dienone is 7. The number of aliphatic imine (C=N–C) groups is 1. The molecule has 0 aromatic heterocycles. The molecule has 3 aliphatic heterocycles. The van der Waals surface area contributed by atoms with E-state index >= 15 is 0 Å². The number of carbonyl (C=O) groups excluding carboxylic acids is 1. The van der Waals surface area contributed by atoms with Crippen molar-refractivity contribution in [2.45, 2.75) is 51.7 Å². The lowest BCUT2D eigenvalue weighted by molar-refractivity contribution is 0.183. The summed E-state index contributed by atoms with van der Waals surface area (Å²) in [5.41, 5.74) is 8.29. The standard InChI is InChI=1S/C16H21F2N3O.C14H15FN2.CH4N2/c1-4-9-19-14-6-5-10-21(11-14)16(22)20-12(2)7-8-15(18)13(3)17;1-2-12-14(10-5-7-11(15)8-6-10)16-13-4-3-9-17(12)13;2-1-3/h4,7-9,14H,1,3,5-6,10-11H2,2H3,(H,20,22);3,5-9,13,16H,2,4H2,1H3;1H,(H3,2,3)/b12-7+,15-8+,19-9?;;. The van der Waals surface area contributed by atoms with Crippen LogP contribution in [0, 0.1) is 11.2 Å². The Kier molecular flexibility index (Phi) is 13.9. The zero-order chi connectivity index (χ0) is 31.1. The fraction of sp³-hybridized carbons (Fsp3) is 0.323. The molecule has 3 aliphatic rings. The molecule has 11 heteroatoms. The summed E-state index contributed by atoms with van der Waals surface area (Å²) in [5.74, 6) is -2.40. The number of carbonyl (C=O) groups is 1. The first-order valence-corrected chi connectivity index (χ1v) is 13.6. The van der Waals surface area contributed by atoms with E-state index in [2.05, 4.69) is 58.6 Å². The highest BCUT2D eigenvalue weighted by atomic mass is 19.2. The number of likely N-dealkylation sites (tertiary alicyclic amines) is 1. The van der Waals surface area contributed by atoms with Crippen molar-refractivity contribution in [2.24, 2.45) is 10.7 Å². The fourth-order valence-electron chi connectivity index (χ4n) is 4.55. The SMILES string of the molecule is C=CC=NC1CCCN(C(=O)N/C(C)=C/C=C(/F)C(=C)F)C1.CCC1=C(c2ccc(F)cc2)NC2CC=CN12.N=CN. The summed E-state index contributed by atoms with van der Waals surface area (Å²) in [7, 11) is 0. The lowest BCUT2D eigenvalue weighted by atomic mass is 10.1. The van der Waals surface area contributed by atoms with Crippen LogP contribution in [0.25, 0.3) is 5.70 Å². The molecule has 1 aromatic carbocycles. The Labute approximate surface area is 246 Å². The van der Waals surface area contributed by atoms with Crippen LogP contribution in [0.2, 0.25) is 0 Å². The van der Waals surface area contributed by atoms with Gasteiger partial charge in [0.05, 0.1) is 18.1 Å². The smallest absolute Gasteiger partial charge is 0.321 e. The largest absolute Gasteiger partial charge is 0.390 e. The van der Waals surface area contributed by atoms with Gasteiger partial charge in [-0.3, -0.25) is 10.4 Å². The van der Waals surface area contributed by atoms with Crippen LogP contribution < -0.4 is 16.4 Å². The maximum Gasteiger partial charge on any atom is 0.321 e. The zero-order valence-electron chi connectivity index (χ0n) is 24.1. The predicted molar refractivity (Wildman–Crippen MR) is 164 cm³/mol. The molecule has 1 fully saturated rings. The van der Waals surface area contributed by atoms with E-state index in [1.807, 2.05) is 12.1 Å². The Bertz CT molecular complexity index is 1250. The highest BCUT2D eigenvalue weighted by molar-refractivity contribution is 5.76. The van der Waals surface area contributed by atoms with Crippen LogP contribution in [0.3, 0.4) is 0 Å². The summed E-state index contributed by atoms with van der Waals surface area (Å²) < 4.78 is 38.3. The normalized spacial score (nSPS) is 19.7. The zero-order valence-corrected chi connectivity index (χ0v) is 24.1. The number of hydrogen-bond donors (Lipinski definition) is 4. The Morgan fingerprint density at radius 3 is 2.60 bits per heavy atom. The van der Waals surface area contributed by atoms with Crippen molar-refractivity contribution in [3.63, 3.8) is 0 Å². The monoisotopic (exact) mass is 583 g/mol. The summed E-state index contributed by atoms with van der Waals surface area (Å²) in [6.45, 7) is 11.3. The van der Waals surface area contributed by atoms with Crippen molar-refractivity contribution in [1.82, 2.24) is 20.4 Å². The molecule has 1 saturated heterocycles. The van der Waals surface area contributed by atoms with Gasteiger partial charge in [-0.2, -0.15) is 0 Å². The van der Waals surface area contributed by atoms with Crippen LogP contribution in [0.4, 0.5) is 18.0 Å². The van der Waals surface area contributed by atoms with E-state index in [0.717, 1.165) is 49.4 Å². The third-order valence-electron chi connectivity index (χ3n) is 6.47. The summed E-state index contributed by atoms with van der Waals surface area (Å²) >= 11 is 0. The number of hydrogen-bond acceptors (Lipinski definition) is 5. The molecule has 8 nitrogen and oxygen atoms in total. The van der Waals surface area contributed by atoms with Crippen molar-refractivity contribution in [3.05, 3.63) is 102 Å². The molecule has 1 aromatic rings. The van der Waals surface area contributed by atoms with E-state index in [-0.39, 0.29) is 17.9 Å². The van der Waals surface area contributed by atoms with E-state index in [9.17, 15) is 18.0 Å². The molecule has 2 atom stereocenters. The van der Waals surface area contributed by atoms with Gasteiger partial charge in [0.1, 0.15) is 12.0 Å². The number of fused-ring (bicyclic) bond motifs is 1. The molecular formula is C31H40F3N7O. The van der Waals surface area contributed by atoms with Crippen LogP contribution in [-0.4, -0.2) is 53.7 Å². The molecule has 3 heterocycles. The highest BCUT2D eigenvalue weighted by Crippen LogP contribution is 2.33. The van der Waals surface area contributed by atoms with Crippen molar-refractivity contribution in [3.8, 4) is 0 Å². The van der Waals surface area contributed by atoms with Gasteiger partial charge in [0.15, 0.2) is 11.7 Å². The average Bonchev–Trinajstić information content (AvgIpc) is 3.57. The second-order valence-electron chi connectivity index (χ2n) is 9.51. The fourth-order valence-corrected chi connectivity index (χ4v) is 4.55. The number of urea groups is 1. The van der Waals surface area contributed by atoms with E-state index in [4.69, 9.17) is 5.41 Å². The third-order valence-corrected chi connectivity index (χ3v) is 6.47. The minimum atomic E-state index is -1.14. The minimum Gasteiger partial charge on any atom is -0.390 e. The van der Waals surface area contributed by atoms with Crippen molar-refractivity contribution < 1.29 is 18.0 Å². The molecule has 2 unspecified atom stereocenters. The maximum atomic E-state index is 12.9. The molecule has 42 heavy (non-hydrogen) atoms. The van der Waals surface area contributed by atoms with Gasteiger partial charge in [-0.1, -0.05) is 32.2 Å². The van der Waals surface area contributed by atoms with Crippen molar-refractivity contribution in [2.75, 3.05) is 13.1 Å². The maximum absolute atomic E-state index is 12.9. The number of nitrogens with zero attached hydrogens (tertiary/aromatic N) is 3. The first kappa shape index (κ1) is 33.7. The summed E-state index contributed by atoms with van der Waals surface area (Å²) in [6, 6.07) is 6.47. The number of benzene rings is 1. The number of rotatable bonds is 7. The van der Waals surface area contributed by atoms with Gasteiger partial charge in [-0.05, 0) is 68.2 Å². The molecule has 5 N–H and O–H groups in total. The van der Waals surface area contributed by atoms with Gasteiger partial charge in [0, 0.05) is 43.3 Å². The van der Waals surface area contributed by atoms with Gasteiger partial charge in [-0.25, -0.2) is 18.0 Å². The van der Waals surface area contributed by atoms with E-state index in [1.54, 1.807) is 24.1 Å². The van der Waals surface area contributed by atoms with Crippen molar-refractivity contribution >= 4 is 24.3 Å². The number of amides is 2. The molecule has 2 amide bonds. The quantitative estimate of drug-likeness (QED) is 0.173. The lowest BCUT2D eigenvalue weighted by Crippen LogP contribution is -2.46. The van der Waals surface area contributed by atoms with Crippen LogP contribution in [-0.2, 0) is 0 Å². The van der Waals surface area contributed by atoms with E-state index in [1.165, 1.54) is 23.9 Å². The van der Waals surface area contributed by atoms with E-state index in [0.29, 0.717) is 25.0 Å². The van der Waals surface area contributed by atoms with E-state index < -0.39 is 11.7 Å². The Morgan fingerprint density at radius 1 is 1.29 bits per heavy atom. The number of piperidine rings is 1. The van der Waals surface area contributed by atoms with Crippen LogP contribution in [0.5, 0.6) is 0 Å². The van der Waals surface area contributed by atoms with Gasteiger partial charge in [-0.15, -0.1) is 0 Å². The molecular weight excluding hydrogens is 543 g/mol. The Balaban J connectivity index is 0.000000274. The molecule has 4 rings (SSSR count). The van der Waals surface area contributed by atoms with Gasteiger partial charge in [0.2, 0.25) is 0 Å². The Morgan fingerprint density at radius 2 is 1.98 bits per heavy atom. The number of nitrogens with two attached hydrogens (primary N) is 1. The summed E-state index contributed by atoms with van der Waals surface area (Å²) in [5, 5.41) is 12.0. The Hall–Kier alpha value is -4.54. The first-order chi connectivity index (χ1) is 20.1. The second kappa shape index (κ2) is 17.3. The van der Waals surface area contributed by atoms with Crippen LogP contribution in [0.15, 0.2) is 96.0 Å². The number of halogens is 3. The van der Waals surface area contributed by atoms with Crippen LogP contribution in [0.1, 0.15) is 45.1 Å². The van der Waals surface area contributed by atoms with Crippen LogP contribution >= 0.6 is 0 Å². The first-order valence-electron chi connectivity index (χ1n) is 13.6. The molecule has 0 aliphatic carbocycles.